The molecule has 0 fully saturated rings. The van der Waals surface area contributed by atoms with E-state index in [9.17, 15) is 8.42 Å². The molecular weight excluding hydrogens is 282 g/mol. The standard InChI is InChI=1S/C12H21N3O2S2/c1-12(2,18-5)9-14-11-7-6-10(8-13-11)19(16,17)15(3)4/h6-8H,9H2,1-5H3,(H,13,14). The van der Waals surface area contributed by atoms with Crippen LogP contribution >= 0.6 is 11.8 Å². The normalized spacial score (nSPS) is 12.7. The lowest BCUT2D eigenvalue weighted by atomic mass is 10.2. The first-order valence-electron chi connectivity index (χ1n) is 5.87. The van der Waals surface area contributed by atoms with Gasteiger partial charge in [-0.15, -0.1) is 0 Å². The molecule has 0 saturated carbocycles. The highest BCUT2D eigenvalue weighted by Gasteiger charge is 2.18. The van der Waals surface area contributed by atoms with Gasteiger partial charge < -0.3 is 5.32 Å². The number of aromatic nitrogens is 1. The van der Waals surface area contributed by atoms with Crippen LogP contribution in [0.25, 0.3) is 0 Å². The van der Waals surface area contributed by atoms with E-state index in [4.69, 9.17) is 0 Å². The number of anilines is 1. The Hall–Kier alpha value is -0.790. The Morgan fingerprint density at radius 3 is 2.42 bits per heavy atom. The maximum absolute atomic E-state index is 11.9. The molecule has 19 heavy (non-hydrogen) atoms. The van der Waals surface area contributed by atoms with Gasteiger partial charge in [0.15, 0.2) is 0 Å². The molecule has 0 saturated heterocycles. The van der Waals surface area contributed by atoms with Crippen molar-refractivity contribution in [1.82, 2.24) is 9.29 Å². The number of nitrogens with one attached hydrogen (secondary N) is 1. The zero-order valence-electron chi connectivity index (χ0n) is 12.0. The molecule has 1 heterocycles. The molecule has 0 aliphatic rings. The summed E-state index contributed by atoms with van der Waals surface area (Å²) in [4.78, 5) is 4.34. The lowest BCUT2D eigenvalue weighted by molar-refractivity contribution is 0.520. The van der Waals surface area contributed by atoms with E-state index in [1.807, 2.05) is 0 Å². The number of thioether (sulfide) groups is 1. The molecule has 1 aromatic rings. The molecule has 0 unspecified atom stereocenters. The van der Waals surface area contributed by atoms with Crippen molar-refractivity contribution < 1.29 is 8.42 Å². The summed E-state index contributed by atoms with van der Waals surface area (Å²) in [5.74, 6) is 0.680. The molecule has 108 valence electrons. The van der Waals surface area contributed by atoms with Crippen LogP contribution in [0.1, 0.15) is 13.8 Å². The molecule has 5 nitrogen and oxygen atoms in total. The fourth-order valence-electron chi connectivity index (χ4n) is 1.22. The summed E-state index contributed by atoms with van der Waals surface area (Å²) >= 11 is 1.76. The monoisotopic (exact) mass is 303 g/mol. The minimum Gasteiger partial charge on any atom is -0.369 e. The SMILES string of the molecule is CSC(C)(C)CNc1ccc(S(=O)(=O)N(C)C)cn1. The van der Waals surface area contributed by atoms with Crippen LogP contribution < -0.4 is 5.32 Å². The summed E-state index contributed by atoms with van der Waals surface area (Å²) < 4.78 is 25.0. The van der Waals surface area contributed by atoms with Crippen molar-refractivity contribution in [2.75, 3.05) is 32.2 Å². The fraction of sp³-hybridized carbons (Fsp3) is 0.583. The Morgan fingerprint density at radius 2 is 2.00 bits per heavy atom. The van der Waals surface area contributed by atoms with Gasteiger partial charge in [0, 0.05) is 31.6 Å². The highest BCUT2D eigenvalue weighted by atomic mass is 32.2. The molecule has 7 heteroatoms. The van der Waals surface area contributed by atoms with E-state index in [0.29, 0.717) is 5.82 Å². The third-order valence-electron chi connectivity index (χ3n) is 2.76. The Bertz CT molecular complexity index is 510. The van der Waals surface area contributed by atoms with Gasteiger partial charge in [-0.1, -0.05) is 0 Å². The average molecular weight is 303 g/mol. The molecule has 0 bridgehead atoms. The molecular formula is C12H21N3O2S2. The highest BCUT2D eigenvalue weighted by molar-refractivity contribution is 7.99. The van der Waals surface area contributed by atoms with Gasteiger partial charge in [0.2, 0.25) is 10.0 Å². The van der Waals surface area contributed by atoms with Crippen LogP contribution in [0.2, 0.25) is 0 Å². The first-order valence-corrected chi connectivity index (χ1v) is 8.53. The lowest BCUT2D eigenvalue weighted by Crippen LogP contribution is -2.26. The number of rotatable bonds is 6. The van der Waals surface area contributed by atoms with Crippen LogP contribution in [0.5, 0.6) is 0 Å². The van der Waals surface area contributed by atoms with E-state index >= 15 is 0 Å². The molecule has 0 radical (unpaired) electrons. The summed E-state index contributed by atoms with van der Waals surface area (Å²) in [6, 6.07) is 3.25. The number of hydrogen-bond acceptors (Lipinski definition) is 5. The smallest absolute Gasteiger partial charge is 0.244 e. The second-order valence-electron chi connectivity index (χ2n) is 4.98. The Balaban J connectivity index is 2.78. The molecule has 0 amide bonds. The molecule has 0 aromatic carbocycles. The average Bonchev–Trinajstić information content (AvgIpc) is 2.37. The molecule has 1 rings (SSSR count). The van der Waals surface area contributed by atoms with E-state index in [1.54, 1.807) is 23.9 Å². The van der Waals surface area contributed by atoms with E-state index in [2.05, 4.69) is 30.4 Å². The van der Waals surface area contributed by atoms with Crippen LogP contribution in [-0.2, 0) is 10.0 Å². The number of nitrogens with zero attached hydrogens (tertiary/aromatic N) is 2. The number of hydrogen-bond donors (Lipinski definition) is 1. The summed E-state index contributed by atoms with van der Waals surface area (Å²) in [6.07, 6.45) is 3.44. The highest BCUT2D eigenvalue weighted by Crippen LogP contribution is 2.21. The van der Waals surface area contributed by atoms with Gasteiger partial charge in [-0.25, -0.2) is 17.7 Å². The van der Waals surface area contributed by atoms with Crippen molar-refractivity contribution in [3.05, 3.63) is 18.3 Å². The lowest BCUT2D eigenvalue weighted by Gasteiger charge is -2.22. The number of pyridine rings is 1. The number of sulfonamides is 1. The van der Waals surface area contributed by atoms with Gasteiger partial charge in [-0.3, -0.25) is 0 Å². The van der Waals surface area contributed by atoms with Crippen molar-refractivity contribution in [1.29, 1.82) is 0 Å². The molecule has 1 aromatic heterocycles. The summed E-state index contributed by atoms with van der Waals surface area (Å²) in [6.45, 7) is 5.03. The van der Waals surface area contributed by atoms with Gasteiger partial charge in [-0.05, 0) is 32.2 Å². The van der Waals surface area contributed by atoms with Gasteiger partial charge in [0.1, 0.15) is 10.7 Å². The maximum atomic E-state index is 11.9. The van der Waals surface area contributed by atoms with Crippen LogP contribution in [0, 0.1) is 0 Å². The van der Waals surface area contributed by atoms with Crippen molar-refractivity contribution in [3.8, 4) is 0 Å². The summed E-state index contributed by atoms with van der Waals surface area (Å²) in [5.41, 5.74) is 0. The quantitative estimate of drug-likeness (QED) is 0.869. The summed E-state index contributed by atoms with van der Waals surface area (Å²) in [5, 5.41) is 3.20. The van der Waals surface area contributed by atoms with E-state index in [-0.39, 0.29) is 9.64 Å². The molecule has 0 aliphatic carbocycles. The van der Waals surface area contributed by atoms with Crippen LogP contribution in [0.4, 0.5) is 5.82 Å². The van der Waals surface area contributed by atoms with E-state index < -0.39 is 10.0 Å². The molecule has 0 aliphatic heterocycles. The van der Waals surface area contributed by atoms with Crippen molar-refractivity contribution in [2.45, 2.75) is 23.5 Å². The Labute approximate surface area is 119 Å². The topological polar surface area (TPSA) is 62.3 Å². The third-order valence-corrected chi connectivity index (χ3v) is 5.81. The van der Waals surface area contributed by atoms with Gasteiger partial charge in [-0.2, -0.15) is 11.8 Å². The second kappa shape index (κ2) is 6.11. The zero-order chi connectivity index (χ0) is 14.7. The Kier molecular flexibility index (Phi) is 5.23. The van der Waals surface area contributed by atoms with Crippen molar-refractivity contribution in [2.24, 2.45) is 0 Å². The Morgan fingerprint density at radius 1 is 1.37 bits per heavy atom. The van der Waals surface area contributed by atoms with E-state index in [1.165, 1.54) is 24.6 Å². The minimum absolute atomic E-state index is 0.107. The third kappa shape index (κ3) is 4.36. The minimum atomic E-state index is -3.40. The molecule has 0 spiro atoms. The molecule has 0 atom stereocenters. The summed E-state index contributed by atoms with van der Waals surface area (Å²) in [7, 11) is -0.398. The second-order valence-corrected chi connectivity index (χ2v) is 8.65. The van der Waals surface area contributed by atoms with E-state index in [0.717, 1.165) is 6.54 Å². The zero-order valence-corrected chi connectivity index (χ0v) is 13.6. The van der Waals surface area contributed by atoms with Crippen molar-refractivity contribution >= 4 is 27.6 Å². The van der Waals surface area contributed by atoms with Crippen molar-refractivity contribution in [3.63, 3.8) is 0 Å². The first-order chi connectivity index (χ1) is 8.69. The van der Waals surface area contributed by atoms with Gasteiger partial charge >= 0.3 is 0 Å². The predicted octanol–water partition coefficient (Wildman–Crippen LogP) is 1.89. The largest absolute Gasteiger partial charge is 0.369 e. The van der Waals surface area contributed by atoms with Gasteiger partial charge in [0.05, 0.1) is 0 Å². The maximum Gasteiger partial charge on any atom is 0.244 e. The predicted molar refractivity (Wildman–Crippen MR) is 81.2 cm³/mol. The fourth-order valence-corrected chi connectivity index (χ4v) is 2.29. The van der Waals surface area contributed by atoms with Crippen LogP contribution in [-0.4, -0.2) is 49.3 Å². The first kappa shape index (κ1) is 16.3. The van der Waals surface area contributed by atoms with Crippen LogP contribution in [0.3, 0.4) is 0 Å². The molecule has 1 N–H and O–H groups in total. The van der Waals surface area contributed by atoms with Gasteiger partial charge in [0.25, 0.3) is 0 Å². The van der Waals surface area contributed by atoms with Crippen LogP contribution in [0.15, 0.2) is 23.2 Å².